The number of carboxylic acid groups (broad SMARTS) is 3. The molecule has 10 nitrogen and oxygen atoms in total. The number of hydrogen-bond donors (Lipinski definition) is 4. The lowest BCUT2D eigenvalue weighted by Crippen LogP contribution is -2.34. The van der Waals surface area contributed by atoms with Crippen molar-refractivity contribution in [2.24, 2.45) is 5.73 Å². The fourth-order valence-electron chi connectivity index (χ4n) is 2.13. The minimum Gasteiger partial charge on any atom is -0.480 e. The molecule has 24 heavy (non-hydrogen) atoms. The van der Waals surface area contributed by atoms with Crippen LogP contribution in [0.5, 0.6) is 0 Å². The van der Waals surface area contributed by atoms with Gasteiger partial charge in [0.1, 0.15) is 17.4 Å². The van der Waals surface area contributed by atoms with Crippen molar-refractivity contribution in [3.8, 4) is 0 Å². The van der Waals surface area contributed by atoms with E-state index in [2.05, 4.69) is 4.98 Å². The second kappa shape index (κ2) is 6.01. The van der Waals surface area contributed by atoms with Crippen LogP contribution in [0.2, 0.25) is 0 Å². The number of pyridine rings is 1. The van der Waals surface area contributed by atoms with Gasteiger partial charge >= 0.3 is 17.9 Å². The summed E-state index contributed by atoms with van der Waals surface area (Å²) >= 11 is 0. The molecule has 0 saturated carbocycles. The van der Waals surface area contributed by atoms with Gasteiger partial charge in [-0.15, -0.1) is 0 Å². The number of rotatable bonds is 5. The van der Waals surface area contributed by atoms with E-state index in [1.165, 1.54) is 0 Å². The summed E-state index contributed by atoms with van der Waals surface area (Å²) in [7, 11) is 0. The Morgan fingerprint density at radius 1 is 1.08 bits per heavy atom. The zero-order valence-electron chi connectivity index (χ0n) is 11.8. The smallest absolute Gasteiger partial charge is 0.354 e. The Morgan fingerprint density at radius 2 is 1.71 bits per heavy atom. The first kappa shape index (κ1) is 17.0. The number of carboxylic acids is 3. The maximum Gasteiger partial charge on any atom is 0.354 e. The molecule has 1 unspecified atom stereocenters. The van der Waals surface area contributed by atoms with E-state index in [4.69, 9.17) is 15.9 Å². The number of aromatic carboxylic acids is 2. The van der Waals surface area contributed by atoms with Crippen LogP contribution >= 0.6 is 0 Å². The van der Waals surface area contributed by atoms with Crippen LogP contribution in [0, 0.1) is 0 Å². The Labute approximate surface area is 133 Å². The van der Waals surface area contributed by atoms with E-state index in [0.29, 0.717) is 0 Å². The molecule has 1 aromatic heterocycles. The third-order valence-corrected chi connectivity index (χ3v) is 3.30. The molecule has 1 aromatic rings. The molecule has 5 N–H and O–H groups in total. The average Bonchev–Trinajstić information content (AvgIpc) is 2.50. The molecular weight excluding hydrogens is 324 g/mol. The average molecular weight is 334 g/mol. The molecule has 0 aliphatic heterocycles. The van der Waals surface area contributed by atoms with Crippen LogP contribution in [0.4, 0.5) is 0 Å². The molecule has 124 valence electrons. The van der Waals surface area contributed by atoms with Crippen molar-refractivity contribution in [2.75, 3.05) is 0 Å². The summed E-state index contributed by atoms with van der Waals surface area (Å²) in [5, 5.41) is 26.9. The highest BCUT2D eigenvalue weighted by Crippen LogP contribution is 2.27. The molecule has 2 rings (SSSR count). The van der Waals surface area contributed by atoms with Crippen LogP contribution in [-0.2, 0) is 9.59 Å². The molecule has 0 saturated heterocycles. The fourth-order valence-corrected chi connectivity index (χ4v) is 2.13. The highest BCUT2D eigenvalue weighted by atomic mass is 16.4. The zero-order valence-corrected chi connectivity index (χ0v) is 11.8. The summed E-state index contributed by atoms with van der Waals surface area (Å²) in [4.78, 5) is 60.7. The van der Waals surface area contributed by atoms with E-state index in [1.807, 2.05) is 0 Å². The quantitative estimate of drug-likeness (QED) is 0.508. The van der Waals surface area contributed by atoms with Crippen molar-refractivity contribution in [3.63, 3.8) is 0 Å². The van der Waals surface area contributed by atoms with Gasteiger partial charge in [-0.05, 0) is 12.1 Å². The van der Waals surface area contributed by atoms with Crippen LogP contribution in [0.25, 0.3) is 6.08 Å². The van der Waals surface area contributed by atoms with Crippen molar-refractivity contribution in [2.45, 2.75) is 12.5 Å². The van der Waals surface area contributed by atoms with Gasteiger partial charge in [-0.25, -0.2) is 14.6 Å². The number of ketones is 2. The third-order valence-electron chi connectivity index (χ3n) is 3.30. The summed E-state index contributed by atoms with van der Waals surface area (Å²) in [5.41, 5.74) is 2.93. The number of nitrogens with two attached hydrogens (primary N) is 1. The van der Waals surface area contributed by atoms with Gasteiger partial charge in [0, 0.05) is 17.6 Å². The van der Waals surface area contributed by atoms with Gasteiger partial charge in [0.2, 0.25) is 5.78 Å². The summed E-state index contributed by atoms with van der Waals surface area (Å²) in [6.45, 7) is 0. The number of Topliss-reactive ketones (excluding diaryl/α,β-unsaturated/α-hetero) is 2. The minimum atomic E-state index is -1.57. The summed E-state index contributed by atoms with van der Waals surface area (Å²) in [5.74, 6) is -6.82. The van der Waals surface area contributed by atoms with Crippen LogP contribution in [0.15, 0.2) is 11.6 Å². The van der Waals surface area contributed by atoms with Gasteiger partial charge in [-0.2, -0.15) is 0 Å². The third kappa shape index (κ3) is 2.90. The first-order valence-corrected chi connectivity index (χ1v) is 6.43. The van der Waals surface area contributed by atoms with E-state index < -0.39 is 58.9 Å². The molecule has 0 fully saturated rings. The van der Waals surface area contributed by atoms with Crippen molar-refractivity contribution >= 4 is 35.6 Å². The predicted octanol–water partition coefficient (Wildman–Crippen LogP) is -0.571. The van der Waals surface area contributed by atoms with Crippen LogP contribution in [-0.4, -0.2) is 55.8 Å². The van der Waals surface area contributed by atoms with E-state index in [0.717, 1.165) is 12.1 Å². The van der Waals surface area contributed by atoms with Gasteiger partial charge in [-0.1, -0.05) is 0 Å². The predicted molar refractivity (Wildman–Crippen MR) is 75.7 cm³/mol. The Hall–Kier alpha value is -3.40. The molecule has 0 spiro atoms. The van der Waals surface area contributed by atoms with Gasteiger partial charge in [0.15, 0.2) is 0 Å². The number of hydrogen-bond acceptors (Lipinski definition) is 7. The largest absolute Gasteiger partial charge is 0.480 e. The Kier molecular flexibility index (Phi) is 4.24. The lowest BCUT2D eigenvalue weighted by atomic mass is 9.87. The second-order valence-corrected chi connectivity index (χ2v) is 4.90. The van der Waals surface area contributed by atoms with Gasteiger partial charge in [0.05, 0.1) is 5.56 Å². The number of aliphatic carboxylic acids is 1. The standard InChI is InChI=1S/C14H10N2O8/c15-7(13(21)22)2-4-1-5-6(12(19)20)3-8(14(23)24)16-9(5)11(18)10(4)17/h1,3,7H,2,15H2,(H,19,20)(H,21,22)(H,23,24). The molecular formula is C14H10N2O8. The minimum absolute atomic E-state index is 0.260. The molecule has 1 heterocycles. The monoisotopic (exact) mass is 334 g/mol. The Morgan fingerprint density at radius 3 is 2.21 bits per heavy atom. The van der Waals surface area contributed by atoms with Crippen LogP contribution in [0.1, 0.15) is 43.3 Å². The van der Waals surface area contributed by atoms with Crippen molar-refractivity contribution in [1.82, 2.24) is 4.98 Å². The zero-order chi connectivity index (χ0) is 18.2. The molecule has 0 radical (unpaired) electrons. The molecule has 10 heteroatoms. The summed E-state index contributed by atoms with van der Waals surface area (Å²) in [6, 6.07) is -0.716. The van der Waals surface area contributed by atoms with E-state index in [-0.39, 0.29) is 11.1 Å². The van der Waals surface area contributed by atoms with Crippen LogP contribution < -0.4 is 5.73 Å². The Bertz CT molecular complexity index is 839. The highest BCUT2D eigenvalue weighted by molar-refractivity contribution is 6.51. The fraction of sp³-hybridized carbons (Fsp3) is 0.143. The molecule has 0 amide bonds. The van der Waals surface area contributed by atoms with E-state index >= 15 is 0 Å². The van der Waals surface area contributed by atoms with Crippen molar-refractivity contribution in [1.29, 1.82) is 0 Å². The molecule has 0 bridgehead atoms. The first-order valence-electron chi connectivity index (χ1n) is 6.43. The maximum absolute atomic E-state index is 12.1. The number of carbonyl (C=O) groups is 5. The normalized spacial score (nSPS) is 14.6. The van der Waals surface area contributed by atoms with Gasteiger partial charge in [0.25, 0.3) is 5.78 Å². The van der Waals surface area contributed by atoms with E-state index in [1.54, 1.807) is 0 Å². The SMILES string of the molecule is NC(CC1=Cc2c(C(=O)O)cc(C(=O)O)nc2C(=O)C1=O)C(=O)O. The summed E-state index contributed by atoms with van der Waals surface area (Å²) < 4.78 is 0. The number of carbonyl (C=O) groups excluding carboxylic acids is 2. The van der Waals surface area contributed by atoms with Crippen LogP contribution in [0.3, 0.4) is 0 Å². The highest BCUT2D eigenvalue weighted by Gasteiger charge is 2.34. The second-order valence-electron chi connectivity index (χ2n) is 4.90. The van der Waals surface area contributed by atoms with Gasteiger partial charge in [-0.3, -0.25) is 14.4 Å². The maximum atomic E-state index is 12.1. The number of fused-ring (bicyclic) bond motifs is 1. The van der Waals surface area contributed by atoms with Crippen molar-refractivity contribution in [3.05, 3.63) is 34.2 Å². The number of aromatic nitrogens is 1. The first-order chi connectivity index (χ1) is 11.1. The van der Waals surface area contributed by atoms with E-state index in [9.17, 15) is 29.1 Å². The topological polar surface area (TPSA) is 185 Å². The molecule has 0 aromatic carbocycles. The molecule has 1 aliphatic rings. The summed E-state index contributed by atoms with van der Waals surface area (Å²) in [6.07, 6.45) is 0.517. The Balaban J connectivity index is 2.67. The van der Waals surface area contributed by atoms with Gasteiger partial charge < -0.3 is 21.1 Å². The number of nitrogens with zero attached hydrogens (tertiary/aromatic N) is 1. The lowest BCUT2D eigenvalue weighted by Gasteiger charge is -2.17. The van der Waals surface area contributed by atoms with Crippen molar-refractivity contribution < 1.29 is 39.3 Å². The molecule has 1 atom stereocenters. The molecule has 1 aliphatic carbocycles. The lowest BCUT2D eigenvalue weighted by molar-refractivity contribution is -0.138.